The van der Waals surface area contributed by atoms with Crippen molar-refractivity contribution in [2.24, 2.45) is 0 Å². The molecule has 0 radical (unpaired) electrons. The fourth-order valence-electron chi connectivity index (χ4n) is 1.42. The van der Waals surface area contributed by atoms with Crippen LogP contribution in [0.2, 0.25) is 0 Å². The molecule has 21 heavy (non-hydrogen) atoms. The lowest BCUT2D eigenvalue weighted by atomic mass is 10.1. The number of nitrogens with one attached hydrogen (secondary N) is 2. The molecule has 0 saturated carbocycles. The number of esters is 1. The SMILES string of the molecule is CCCNC(=O)NC(=O)COC(=O)Cc1ccc(O)cc1. The lowest BCUT2D eigenvalue weighted by Gasteiger charge is -2.07. The number of ether oxygens (including phenoxy) is 1. The minimum absolute atomic E-state index is 0.0183. The molecule has 0 fully saturated rings. The predicted molar refractivity (Wildman–Crippen MR) is 74.6 cm³/mol. The Labute approximate surface area is 122 Å². The molecule has 3 N–H and O–H groups in total. The highest BCUT2D eigenvalue weighted by Gasteiger charge is 2.11. The lowest BCUT2D eigenvalue weighted by Crippen LogP contribution is -2.41. The van der Waals surface area contributed by atoms with Crippen molar-refractivity contribution in [1.82, 2.24) is 10.6 Å². The standard InChI is InChI=1S/C14H18N2O5/c1-2-7-15-14(20)16-12(18)9-21-13(19)8-10-3-5-11(17)6-4-10/h3-6,17H,2,7-9H2,1H3,(H2,15,16,18,20). The van der Waals surface area contributed by atoms with Crippen molar-refractivity contribution in [3.63, 3.8) is 0 Å². The number of hydrogen-bond donors (Lipinski definition) is 3. The van der Waals surface area contributed by atoms with Crippen LogP contribution >= 0.6 is 0 Å². The van der Waals surface area contributed by atoms with Gasteiger partial charge in [-0.05, 0) is 24.1 Å². The van der Waals surface area contributed by atoms with Gasteiger partial charge in [-0.25, -0.2) is 4.79 Å². The number of urea groups is 1. The van der Waals surface area contributed by atoms with Gasteiger partial charge in [-0.3, -0.25) is 14.9 Å². The maximum atomic E-state index is 11.5. The van der Waals surface area contributed by atoms with Crippen LogP contribution < -0.4 is 10.6 Å². The Kier molecular flexibility index (Phi) is 6.73. The van der Waals surface area contributed by atoms with Crippen LogP contribution in [0.1, 0.15) is 18.9 Å². The van der Waals surface area contributed by atoms with Gasteiger partial charge in [-0.1, -0.05) is 19.1 Å². The molecule has 0 saturated heterocycles. The second-order valence-electron chi connectivity index (χ2n) is 4.31. The summed E-state index contributed by atoms with van der Waals surface area (Å²) in [7, 11) is 0. The summed E-state index contributed by atoms with van der Waals surface area (Å²) in [6.45, 7) is 1.82. The van der Waals surface area contributed by atoms with Crippen molar-refractivity contribution < 1.29 is 24.2 Å². The Hall–Kier alpha value is -2.57. The van der Waals surface area contributed by atoms with E-state index in [1.54, 1.807) is 12.1 Å². The molecule has 1 aromatic carbocycles. The number of carbonyl (C=O) groups excluding carboxylic acids is 3. The summed E-state index contributed by atoms with van der Waals surface area (Å²) in [5, 5.41) is 13.6. The number of benzene rings is 1. The van der Waals surface area contributed by atoms with E-state index in [0.717, 1.165) is 6.42 Å². The minimum atomic E-state index is -0.692. The van der Waals surface area contributed by atoms with Crippen LogP contribution in [0.15, 0.2) is 24.3 Å². The van der Waals surface area contributed by atoms with E-state index in [2.05, 4.69) is 5.32 Å². The first-order valence-electron chi connectivity index (χ1n) is 6.52. The maximum absolute atomic E-state index is 11.5. The fraction of sp³-hybridized carbons (Fsp3) is 0.357. The number of rotatable bonds is 6. The van der Waals surface area contributed by atoms with E-state index < -0.39 is 24.5 Å². The molecule has 1 rings (SSSR count). The van der Waals surface area contributed by atoms with Crippen LogP contribution in [0.5, 0.6) is 5.75 Å². The highest BCUT2D eigenvalue weighted by Crippen LogP contribution is 2.10. The third-order valence-corrected chi connectivity index (χ3v) is 2.44. The van der Waals surface area contributed by atoms with E-state index in [9.17, 15) is 14.4 Å². The number of hydrogen-bond acceptors (Lipinski definition) is 5. The smallest absolute Gasteiger partial charge is 0.321 e. The number of phenols is 1. The summed E-state index contributed by atoms with van der Waals surface area (Å²) < 4.78 is 4.75. The van der Waals surface area contributed by atoms with Crippen LogP contribution in [0.25, 0.3) is 0 Å². The van der Waals surface area contributed by atoms with Gasteiger partial charge < -0.3 is 15.2 Å². The number of carbonyl (C=O) groups is 3. The second kappa shape index (κ2) is 8.57. The van der Waals surface area contributed by atoms with Crippen LogP contribution in [0.4, 0.5) is 4.79 Å². The van der Waals surface area contributed by atoms with E-state index in [1.807, 2.05) is 12.2 Å². The zero-order valence-corrected chi connectivity index (χ0v) is 11.7. The van der Waals surface area contributed by atoms with Gasteiger partial charge in [-0.15, -0.1) is 0 Å². The first-order chi connectivity index (χ1) is 10.0. The molecule has 0 heterocycles. The Balaban J connectivity index is 2.27. The minimum Gasteiger partial charge on any atom is -0.508 e. The molecule has 0 spiro atoms. The average Bonchev–Trinajstić information content (AvgIpc) is 2.45. The molecular formula is C14H18N2O5. The highest BCUT2D eigenvalue weighted by molar-refractivity contribution is 5.95. The molecule has 3 amide bonds. The van der Waals surface area contributed by atoms with Gasteiger partial charge in [0, 0.05) is 6.54 Å². The summed E-state index contributed by atoms with van der Waals surface area (Å²) in [5.74, 6) is -1.18. The number of imide groups is 1. The molecule has 0 aliphatic heterocycles. The van der Waals surface area contributed by atoms with Gasteiger partial charge in [-0.2, -0.15) is 0 Å². The summed E-state index contributed by atoms with van der Waals surface area (Å²) in [6, 6.07) is 5.45. The molecule has 7 heteroatoms. The second-order valence-corrected chi connectivity index (χ2v) is 4.31. The third-order valence-electron chi connectivity index (χ3n) is 2.44. The Morgan fingerprint density at radius 2 is 1.86 bits per heavy atom. The van der Waals surface area contributed by atoms with Crippen LogP contribution in [0, 0.1) is 0 Å². The summed E-state index contributed by atoms with van der Waals surface area (Å²) in [4.78, 5) is 34.0. The molecular weight excluding hydrogens is 276 g/mol. The van der Waals surface area contributed by atoms with Crippen molar-refractivity contribution in [2.75, 3.05) is 13.2 Å². The molecule has 0 aromatic heterocycles. The Morgan fingerprint density at radius 3 is 2.48 bits per heavy atom. The van der Waals surface area contributed by atoms with Crippen molar-refractivity contribution in [1.29, 1.82) is 0 Å². The Bertz CT molecular complexity index is 499. The zero-order valence-electron chi connectivity index (χ0n) is 11.7. The van der Waals surface area contributed by atoms with Gasteiger partial charge in [0.25, 0.3) is 5.91 Å². The quantitative estimate of drug-likeness (QED) is 0.670. The van der Waals surface area contributed by atoms with Gasteiger partial charge in [0.15, 0.2) is 6.61 Å². The van der Waals surface area contributed by atoms with Crippen LogP contribution in [-0.4, -0.2) is 36.2 Å². The molecule has 114 valence electrons. The normalized spacial score (nSPS) is 9.76. The predicted octanol–water partition coefficient (Wildman–Crippen LogP) is 0.714. The van der Waals surface area contributed by atoms with Crippen molar-refractivity contribution >= 4 is 17.9 Å². The maximum Gasteiger partial charge on any atom is 0.321 e. The molecule has 7 nitrogen and oxygen atoms in total. The van der Waals surface area contributed by atoms with Gasteiger partial charge in [0.1, 0.15) is 5.75 Å². The van der Waals surface area contributed by atoms with Gasteiger partial charge in [0.05, 0.1) is 6.42 Å². The summed E-state index contributed by atoms with van der Waals surface area (Å²) in [6.07, 6.45) is 0.735. The van der Waals surface area contributed by atoms with Crippen LogP contribution in [-0.2, 0) is 20.7 Å². The topological polar surface area (TPSA) is 105 Å². The molecule has 0 aliphatic carbocycles. The molecule has 0 aliphatic rings. The van der Waals surface area contributed by atoms with E-state index in [1.165, 1.54) is 12.1 Å². The highest BCUT2D eigenvalue weighted by atomic mass is 16.5. The fourth-order valence-corrected chi connectivity index (χ4v) is 1.42. The molecule has 0 unspecified atom stereocenters. The van der Waals surface area contributed by atoms with Gasteiger partial charge in [0.2, 0.25) is 0 Å². The van der Waals surface area contributed by atoms with Gasteiger partial charge >= 0.3 is 12.0 Å². The Morgan fingerprint density at radius 1 is 1.19 bits per heavy atom. The summed E-state index contributed by atoms with van der Waals surface area (Å²) in [5.41, 5.74) is 0.652. The zero-order chi connectivity index (χ0) is 15.7. The largest absolute Gasteiger partial charge is 0.508 e. The number of aromatic hydroxyl groups is 1. The van der Waals surface area contributed by atoms with E-state index >= 15 is 0 Å². The first-order valence-corrected chi connectivity index (χ1v) is 6.52. The summed E-state index contributed by atoms with van der Waals surface area (Å²) >= 11 is 0. The molecule has 0 bridgehead atoms. The third kappa shape index (κ3) is 6.95. The van der Waals surface area contributed by atoms with Crippen LogP contribution in [0.3, 0.4) is 0 Å². The van der Waals surface area contributed by atoms with E-state index in [4.69, 9.17) is 9.84 Å². The number of amides is 3. The first kappa shape index (κ1) is 16.5. The van der Waals surface area contributed by atoms with E-state index in [0.29, 0.717) is 12.1 Å². The monoisotopic (exact) mass is 294 g/mol. The molecule has 1 aromatic rings. The van der Waals surface area contributed by atoms with Crippen molar-refractivity contribution in [2.45, 2.75) is 19.8 Å². The lowest BCUT2D eigenvalue weighted by molar-refractivity contribution is -0.147. The van der Waals surface area contributed by atoms with Crippen molar-refractivity contribution in [3.05, 3.63) is 29.8 Å². The van der Waals surface area contributed by atoms with Crippen molar-refractivity contribution in [3.8, 4) is 5.75 Å². The number of phenolic OH excluding ortho intramolecular Hbond substituents is 1. The van der Waals surface area contributed by atoms with E-state index in [-0.39, 0.29) is 12.2 Å². The molecule has 0 atom stereocenters. The average molecular weight is 294 g/mol.